The van der Waals surface area contributed by atoms with E-state index in [1.165, 1.54) is 4.31 Å². The molecular formula is C19H27N3O3S. The van der Waals surface area contributed by atoms with E-state index in [4.69, 9.17) is 4.74 Å². The zero-order chi connectivity index (χ0) is 19.5. The Hall–Kier alpha value is -2.12. The molecule has 0 fully saturated rings. The fourth-order valence-electron chi connectivity index (χ4n) is 2.71. The molecule has 0 saturated carbocycles. The molecule has 1 aromatic heterocycles. The van der Waals surface area contributed by atoms with Crippen LogP contribution in [0.2, 0.25) is 0 Å². The lowest BCUT2D eigenvalue weighted by atomic mass is 10.2. The second-order valence-electron chi connectivity index (χ2n) is 6.52. The molecular weight excluding hydrogens is 350 g/mol. The average Bonchev–Trinajstić information content (AvgIpc) is 2.82. The van der Waals surface area contributed by atoms with Gasteiger partial charge in [0.2, 0.25) is 10.0 Å². The maximum Gasteiger partial charge on any atom is 0.243 e. The Balaban J connectivity index is 2.23. The van der Waals surface area contributed by atoms with Crippen LogP contribution in [0.1, 0.15) is 30.8 Å². The fraction of sp³-hybridized carbons (Fsp3) is 0.421. The normalized spacial score (nSPS) is 12.0. The van der Waals surface area contributed by atoms with Gasteiger partial charge in [-0.25, -0.2) is 8.42 Å². The molecule has 0 radical (unpaired) electrons. The minimum Gasteiger partial charge on any atom is -0.491 e. The van der Waals surface area contributed by atoms with Gasteiger partial charge in [0.1, 0.15) is 5.75 Å². The van der Waals surface area contributed by atoms with Crippen LogP contribution in [0.4, 0.5) is 0 Å². The van der Waals surface area contributed by atoms with Gasteiger partial charge in [-0.15, -0.1) is 6.58 Å². The first-order chi connectivity index (χ1) is 12.2. The molecule has 0 spiro atoms. The van der Waals surface area contributed by atoms with Gasteiger partial charge < -0.3 is 4.74 Å². The van der Waals surface area contributed by atoms with Crippen LogP contribution >= 0.6 is 0 Å². The van der Waals surface area contributed by atoms with E-state index in [0.29, 0.717) is 12.3 Å². The molecule has 1 aromatic carbocycles. The van der Waals surface area contributed by atoms with Gasteiger partial charge in [-0.2, -0.15) is 9.40 Å². The number of aryl methyl sites for hydroxylation is 1. The van der Waals surface area contributed by atoms with E-state index in [2.05, 4.69) is 11.7 Å². The monoisotopic (exact) mass is 377 g/mol. The average molecular weight is 378 g/mol. The predicted molar refractivity (Wildman–Crippen MR) is 103 cm³/mol. The number of rotatable bonds is 8. The molecule has 6 nitrogen and oxygen atoms in total. The Morgan fingerprint density at radius 3 is 2.42 bits per heavy atom. The van der Waals surface area contributed by atoms with Crippen molar-refractivity contribution in [3.05, 3.63) is 53.9 Å². The third-order valence-electron chi connectivity index (χ3n) is 4.12. The highest BCUT2D eigenvalue weighted by Gasteiger charge is 2.23. The Labute approximate surface area is 156 Å². The summed E-state index contributed by atoms with van der Waals surface area (Å²) in [5.74, 6) is 0.652. The van der Waals surface area contributed by atoms with Crippen molar-refractivity contribution < 1.29 is 13.2 Å². The maximum atomic E-state index is 12.9. The van der Waals surface area contributed by atoms with Crippen LogP contribution in [0, 0.1) is 13.8 Å². The van der Waals surface area contributed by atoms with Crippen molar-refractivity contribution in [3.8, 4) is 5.75 Å². The number of hydrogen-bond acceptors (Lipinski definition) is 4. The molecule has 0 aliphatic heterocycles. The van der Waals surface area contributed by atoms with Crippen LogP contribution in [-0.4, -0.2) is 35.7 Å². The van der Waals surface area contributed by atoms with Crippen LogP contribution in [0.15, 0.2) is 41.8 Å². The summed E-state index contributed by atoms with van der Waals surface area (Å²) < 4.78 is 34.5. The summed E-state index contributed by atoms with van der Waals surface area (Å²) in [5, 5.41) is 4.45. The van der Waals surface area contributed by atoms with Crippen molar-refractivity contribution in [2.24, 2.45) is 0 Å². The van der Waals surface area contributed by atoms with Gasteiger partial charge in [0.15, 0.2) is 0 Å². The Bertz CT molecular complexity index is 868. The first-order valence-corrected chi connectivity index (χ1v) is 9.97. The Kier molecular flexibility index (Phi) is 6.26. The summed E-state index contributed by atoms with van der Waals surface area (Å²) in [6.45, 7) is 12.3. The van der Waals surface area contributed by atoms with E-state index < -0.39 is 10.0 Å². The van der Waals surface area contributed by atoms with Gasteiger partial charge in [0, 0.05) is 24.8 Å². The zero-order valence-electron chi connectivity index (χ0n) is 16.1. The molecule has 0 bridgehead atoms. The van der Waals surface area contributed by atoms with E-state index in [1.54, 1.807) is 37.4 Å². The predicted octanol–water partition coefficient (Wildman–Crippen LogP) is 3.29. The zero-order valence-corrected chi connectivity index (χ0v) is 16.9. The van der Waals surface area contributed by atoms with Gasteiger partial charge in [0.25, 0.3) is 0 Å². The van der Waals surface area contributed by atoms with Crippen LogP contribution in [-0.2, 0) is 23.1 Å². The number of ether oxygens (including phenoxy) is 1. The minimum absolute atomic E-state index is 0.0400. The molecule has 0 atom stereocenters. The number of allylic oxidation sites excluding steroid dienone is 1. The molecule has 0 unspecified atom stereocenters. The number of nitrogens with zero attached hydrogens (tertiary/aromatic N) is 3. The lowest BCUT2D eigenvalue weighted by molar-refractivity contribution is 0.242. The summed E-state index contributed by atoms with van der Waals surface area (Å²) in [4.78, 5) is 0.241. The van der Waals surface area contributed by atoms with E-state index >= 15 is 0 Å². The number of sulfonamides is 1. The molecule has 7 heteroatoms. The first-order valence-electron chi connectivity index (χ1n) is 8.53. The minimum atomic E-state index is -3.60. The lowest BCUT2D eigenvalue weighted by Crippen LogP contribution is -2.27. The summed E-state index contributed by atoms with van der Waals surface area (Å²) >= 11 is 0. The molecule has 0 saturated heterocycles. The number of hydrogen-bond donors (Lipinski definition) is 0. The topological polar surface area (TPSA) is 64.4 Å². The highest BCUT2D eigenvalue weighted by Crippen LogP contribution is 2.23. The smallest absolute Gasteiger partial charge is 0.243 e. The molecule has 0 aliphatic carbocycles. The SMILES string of the molecule is C=CCn1nc(C)c(CN(C)S(=O)(=O)c2ccc(OC(C)C)cc2)c1C. The molecule has 142 valence electrons. The summed E-state index contributed by atoms with van der Waals surface area (Å²) in [5.41, 5.74) is 2.69. The van der Waals surface area contributed by atoms with Crippen molar-refractivity contribution in [2.45, 2.75) is 51.8 Å². The Morgan fingerprint density at radius 1 is 1.27 bits per heavy atom. The molecule has 0 N–H and O–H groups in total. The molecule has 26 heavy (non-hydrogen) atoms. The fourth-order valence-corrected chi connectivity index (χ4v) is 3.85. The van der Waals surface area contributed by atoms with Crippen molar-refractivity contribution in [1.82, 2.24) is 14.1 Å². The van der Waals surface area contributed by atoms with Gasteiger partial charge >= 0.3 is 0 Å². The Morgan fingerprint density at radius 2 is 1.88 bits per heavy atom. The van der Waals surface area contributed by atoms with Crippen LogP contribution in [0.5, 0.6) is 5.75 Å². The highest BCUT2D eigenvalue weighted by atomic mass is 32.2. The van der Waals surface area contributed by atoms with Gasteiger partial charge in [-0.1, -0.05) is 6.08 Å². The number of benzene rings is 1. The molecule has 1 heterocycles. The van der Waals surface area contributed by atoms with Gasteiger partial charge in [0.05, 0.1) is 23.2 Å². The van der Waals surface area contributed by atoms with Crippen molar-refractivity contribution in [3.63, 3.8) is 0 Å². The van der Waals surface area contributed by atoms with Crippen LogP contribution < -0.4 is 4.74 Å². The van der Waals surface area contributed by atoms with E-state index in [-0.39, 0.29) is 17.5 Å². The lowest BCUT2D eigenvalue weighted by Gasteiger charge is -2.18. The highest BCUT2D eigenvalue weighted by molar-refractivity contribution is 7.89. The van der Waals surface area contributed by atoms with Crippen molar-refractivity contribution >= 4 is 10.0 Å². The van der Waals surface area contributed by atoms with Crippen LogP contribution in [0.3, 0.4) is 0 Å². The third-order valence-corrected chi connectivity index (χ3v) is 5.94. The quantitative estimate of drug-likeness (QED) is 0.662. The van der Waals surface area contributed by atoms with Crippen molar-refractivity contribution in [1.29, 1.82) is 0 Å². The van der Waals surface area contributed by atoms with Gasteiger partial charge in [-0.3, -0.25) is 4.68 Å². The van der Waals surface area contributed by atoms with Gasteiger partial charge in [-0.05, 0) is 52.0 Å². The summed E-state index contributed by atoms with van der Waals surface area (Å²) in [7, 11) is -2.02. The first kappa shape index (κ1) is 20.2. The van der Waals surface area contributed by atoms with Crippen LogP contribution in [0.25, 0.3) is 0 Å². The molecule has 2 rings (SSSR count). The van der Waals surface area contributed by atoms with E-state index in [1.807, 2.05) is 32.4 Å². The summed E-state index contributed by atoms with van der Waals surface area (Å²) in [6.07, 6.45) is 1.81. The second kappa shape index (κ2) is 8.05. The maximum absolute atomic E-state index is 12.9. The molecule has 2 aromatic rings. The summed E-state index contributed by atoms with van der Waals surface area (Å²) in [6, 6.07) is 6.51. The van der Waals surface area contributed by atoms with E-state index in [9.17, 15) is 8.42 Å². The number of aromatic nitrogens is 2. The molecule has 0 aliphatic rings. The third kappa shape index (κ3) is 4.34. The largest absolute Gasteiger partial charge is 0.491 e. The van der Waals surface area contributed by atoms with E-state index in [0.717, 1.165) is 17.0 Å². The van der Waals surface area contributed by atoms with Crippen molar-refractivity contribution in [2.75, 3.05) is 7.05 Å². The second-order valence-corrected chi connectivity index (χ2v) is 8.56. The standard InChI is InChI=1S/C19H27N3O3S/c1-7-12-22-16(5)19(15(4)20-22)13-21(6)26(23,24)18-10-8-17(9-11-18)25-14(2)3/h7-11,14H,1,12-13H2,2-6H3. The molecule has 0 amide bonds.